The van der Waals surface area contributed by atoms with Gasteiger partial charge >= 0.3 is 5.97 Å². The van der Waals surface area contributed by atoms with Gasteiger partial charge < -0.3 is 19.5 Å². The Morgan fingerprint density at radius 2 is 1.80 bits per heavy atom. The minimum atomic E-state index is -0.598. The number of rotatable bonds is 10. The van der Waals surface area contributed by atoms with Crippen LogP contribution in [0.5, 0.6) is 5.75 Å². The highest BCUT2D eigenvalue weighted by Gasteiger charge is 2.44. The van der Waals surface area contributed by atoms with Gasteiger partial charge in [-0.15, -0.1) is 0 Å². The maximum absolute atomic E-state index is 12.9. The van der Waals surface area contributed by atoms with Crippen LogP contribution in [-0.2, 0) is 9.53 Å². The van der Waals surface area contributed by atoms with Gasteiger partial charge in [0.2, 0.25) is 5.70 Å². The van der Waals surface area contributed by atoms with Crippen molar-refractivity contribution in [2.75, 3.05) is 46.4 Å². The molecule has 0 aromatic heterocycles. The van der Waals surface area contributed by atoms with E-state index in [1.165, 1.54) is 16.3 Å². The first-order valence-corrected chi connectivity index (χ1v) is 14.7. The number of aliphatic hydroxyl groups is 1. The molecule has 0 bridgehead atoms. The molecule has 1 fully saturated rings. The number of hydrogen-bond donors (Lipinski definition) is 1. The van der Waals surface area contributed by atoms with Crippen molar-refractivity contribution in [3.63, 3.8) is 0 Å². The predicted octanol–water partition coefficient (Wildman–Crippen LogP) is 5.97. The molecule has 2 heterocycles. The molecule has 2 aliphatic rings. The van der Waals surface area contributed by atoms with Crippen molar-refractivity contribution >= 4 is 28.5 Å². The second-order valence-corrected chi connectivity index (χ2v) is 11.9. The zero-order valence-electron chi connectivity index (χ0n) is 24.3. The lowest BCUT2D eigenvalue weighted by Crippen LogP contribution is -2.47. The van der Waals surface area contributed by atoms with Gasteiger partial charge in [0, 0.05) is 24.6 Å². The predicted molar refractivity (Wildman–Crippen MR) is 162 cm³/mol. The van der Waals surface area contributed by atoms with E-state index in [9.17, 15) is 9.90 Å². The highest BCUT2D eigenvalue weighted by Crippen LogP contribution is 2.44. The molecule has 0 amide bonds. The number of likely N-dealkylation sites (N-methyl/N-ethyl adjacent to an activating group) is 1. The third kappa shape index (κ3) is 5.95. The van der Waals surface area contributed by atoms with Crippen LogP contribution in [0.25, 0.3) is 16.8 Å². The van der Waals surface area contributed by atoms with Crippen LogP contribution in [0.1, 0.15) is 50.7 Å². The van der Waals surface area contributed by atoms with Crippen LogP contribution in [0.3, 0.4) is 0 Å². The van der Waals surface area contributed by atoms with E-state index in [0.717, 1.165) is 43.7 Å². The average Bonchev–Trinajstić information content (AvgIpc) is 3.24. The number of carbonyl (C=O) groups excluding carboxylic acids is 1. The summed E-state index contributed by atoms with van der Waals surface area (Å²) < 4.78 is 12.0. The summed E-state index contributed by atoms with van der Waals surface area (Å²) in [5, 5.41) is 13.5. The van der Waals surface area contributed by atoms with Gasteiger partial charge in [0.15, 0.2) is 0 Å². The monoisotopic (exact) mass is 543 g/mol. The van der Waals surface area contributed by atoms with Crippen LogP contribution in [0.2, 0.25) is 0 Å². The van der Waals surface area contributed by atoms with Gasteiger partial charge in [-0.3, -0.25) is 4.48 Å². The number of piperidine rings is 1. The molecule has 0 aliphatic carbocycles. The molecular weight excluding hydrogens is 500 g/mol. The van der Waals surface area contributed by atoms with Crippen LogP contribution in [0.4, 0.5) is 5.69 Å². The summed E-state index contributed by atoms with van der Waals surface area (Å²) in [6.45, 7) is 9.98. The number of carbonyl (C=O) groups is 1. The van der Waals surface area contributed by atoms with Crippen LogP contribution in [0.15, 0.2) is 66.4 Å². The Morgan fingerprint density at radius 3 is 2.52 bits per heavy atom. The molecule has 0 saturated carbocycles. The normalized spacial score (nSPS) is 20.4. The number of ether oxygens (including phenoxy) is 2. The minimum Gasteiger partial charge on any atom is -0.490 e. The Kier molecular flexibility index (Phi) is 8.60. The summed E-state index contributed by atoms with van der Waals surface area (Å²) in [7, 11) is 2.06. The quantitative estimate of drug-likeness (QED) is 0.252. The van der Waals surface area contributed by atoms with Crippen LogP contribution >= 0.6 is 0 Å². The minimum absolute atomic E-state index is 0.206. The highest BCUT2D eigenvalue weighted by molar-refractivity contribution is 6.01. The maximum Gasteiger partial charge on any atom is 0.393 e. The second-order valence-electron chi connectivity index (χ2n) is 11.9. The molecular formula is C34H43N2O4+. The molecule has 2 aliphatic heterocycles. The van der Waals surface area contributed by atoms with Gasteiger partial charge in [-0.25, -0.2) is 4.79 Å². The third-order valence-electron chi connectivity index (χ3n) is 8.34. The summed E-state index contributed by atoms with van der Waals surface area (Å²) in [6.07, 6.45) is 3.49. The lowest BCUT2D eigenvalue weighted by molar-refractivity contribution is -0.139. The Morgan fingerprint density at radius 1 is 1.05 bits per heavy atom. The number of nitrogens with zero attached hydrogens (tertiary/aromatic N) is 2. The molecule has 1 N–H and O–H groups in total. The van der Waals surface area contributed by atoms with Crippen LogP contribution in [-0.4, -0.2) is 68.5 Å². The summed E-state index contributed by atoms with van der Waals surface area (Å²) >= 11 is 0. The van der Waals surface area contributed by atoms with E-state index in [4.69, 9.17) is 9.47 Å². The highest BCUT2D eigenvalue weighted by atomic mass is 16.5. The molecule has 3 aromatic rings. The van der Waals surface area contributed by atoms with Gasteiger partial charge in [0.1, 0.15) is 24.1 Å². The fourth-order valence-electron chi connectivity index (χ4n) is 6.48. The number of hydrogen-bond acceptors (Lipinski definition) is 5. The number of aliphatic hydroxyl groups excluding tert-OH is 1. The summed E-state index contributed by atoms with van der Waals surface area (Å²) in [6, 6.07) is 21.3. The van der Waals surface area contributed by atoms with E-state index in [0.29, 0.717) is 40.9 Å². The van der Waals surface area contributed by atoms with Crippen molar-refractivity contribution in [3.8, 4) is 5.75 Å². The Hall–Kier alpha value is -3.19. The lowest BCUT2D eigenvalue weighted by atomic mass is 9.88. The Balaban J connectivity index is 1.19. The topological polar surface area (TPSA) is 59.0 Å². The SMILES string of the molecule is CCOC(=O)C1=Cc2c(OCC(O)CN3CCC(c4ccc5ccccc5c4)CC3)cccc2[N@@+]1(C)CC(C)C. The van der Waals surface area contributed by atoms with E-state index in [1.54, 1.807) is 0 Å². The van der Waals surface area contributed by atoms with Gasteiger partial charge in [-0.1, -0.05) is 62.4 Å². The van der Waals surface area contributed by atoms with Gasteiger partial charge in [-0.05, 0) is 61.2 Å². The Bertz CT molecular complexity index is 1380. The number of fused-ring (bicyclic) bond motifs is 2. The first-order chi connectivity index (χ1) is 19.3. The summed E-state index contributed by atoms with van der Waals surface area (Å²) in [5.74, 6) is 1.34. The largest absolute Gasteiger partial charge is 0.490 e. The lowest BCUT2D eigenvalue weighted by Gasteiger charge is -2.33. The first kappa shape index (κ1) is 28.3. The fraction of sp³-hybridized carbons (Fsp3) is 0.441. The number of likely N-dealkylation sites (tertiary alicyclic amines) is 1. The standard InChI is InChI=1S/C34H43N2O4/c1-5-39-34(38)32-20-30-31(36(32,4)22-24(2)3)11-8-12-33(30)40-23-29(37)21-35-17-15-26(16-18-35)28-14-13-25-9-6-7-10-27(25)19-28/h6-14,19-20,24,26,29,37H,5,15-18,21-23H2,1-4H3/q+1/t29?,36-/m1/s1. The molecule has 0 radical (unpaired) electrons. The van der Waals surface area contributed by atoms with Crippen LogP contribution in [0, 0.1) is 5.92 Å². The summed E-state index contributed by atoms with van der Waals surface area (Å²) in [5.41, 5.74) is 3.96. The molecule has 2 atom stereocenters. The van der Waals surface area contributed by atoms with Gasteiger partial charge in [0.05, 0.1) is 25.8 Å². The van der Waals surface area contributed by atoms with E-state index >= 15 is 0 Å². The zero-order chi connectivity index (χ0) is 28.3. The van der Waals surface area contributed by atoms with Crippen molar-refractivity contribution in [2.24, 2.45) is 5.92 Å². The van der Waals surface area contributed by atoms with Crippen molar-refractivity contribution < 1.29 is 19.4 Å². The van der Waals surface area contributed by atoms with Crippen LogP contribution < -0.4 is 9.22 Å². The molecule has 0 spiro atoms. The van der Waals surface area contributed by atoms with Gasteiger partial charge in [0.25, 0.3) is 0 Å². The molecule has 1 saturated heterocycles. The molecule has 6 nitrogen and oxygen atoms in total. The third-order valence-corrected chi connectivity index (χ3v) is 8.34. The summed E-state index contributed by atoms with van der Waals surface area (Å²) in [4.78, 5) is 15.2. The van der Waals surface area contributed by atoms with Crippen molar-refractivity contribution in [1.82, 2.24) is 9.38 Å². The molecule has 40 heavy (non-hydrogen) atoms. The molecule has 5 rings (SSSR count). The smallest absolute Gasteiger partial charge is 0.393 e. The average molecular weight is 544 g/mol. The number of quaternary nitrogens is 1. The van der Waals surface area contributed by atoms with E-state index < -0.39 is 6.10 Å². The zero-order valence-corrected chi connectivity index (χ0v) is 24.3. The fourth-order valence-corrected chi connectivity index (χ4v) is 6.48. The molecule has 3 aromatic carbocycles. The van der Waals surface area contributed by atoms with Crippen molar-refractivity contribution in [2.45, 2.75) is 45.6 Å². The van der Waals surface area contributed by atoms with Crippen molar-refractivity contribution in [3.05, 3.63) is 77.5 Å². The van der Waals surface area contributed by atoms with E-state index in [1.807, 2.05) is 25.1 Å². The molecule has 6 heteroatoms. The number of β-amino-alcohol motifs (C(OH)–C–C–N with tert-alkyl or cyclic N) is 1. The molecule has 1 unspecified atom stereocenters. The maximum atomic E-state index is 12.9. The van der Waals surface area contributed by atoms with Crippen molar-refractivity contribution in [1.29, 1.82) is 0 Å². The second kappa shape index (κ2) is 12.1. The Labute approximate surface area is 238 Å². The number of benzene rings is 3. The van der Waals surface area contributed by atoms with E-state index in [2.05, 4.69) is 74.3 Å². The first-order valence-electron chi connectivity index (χ1n) is 14.7. The van der Waals surface area contributed by atoms with Gasteiger partial charge in [-0.2, -0.15) is 0 Å². The molecule has 212 valence electrons. The number of esters is 1. The van der Waals surface area contributed by atoms with E-state index in [-0.39, 0.29) is 12.6 Å².